The molecule has 0 aliphatic carbocycles. The van der Waals surface area contributed by atoms with E-state index in [1.807, 2.05) is 29.4 Å². The monoisotopic (exact) mass is 358 g/mol. The van der Waals surface area contributed by atoms with Gasteiger partial charge in [-0.15, -0.1) is 0 Å². The van der Waals surface area contributed by atoms with E-state index in [0.717, 1.165) is 50.4 Å². The van der Waals surface area contributed by atoms with Crippen molar-refractivity contribution >= 4 is 16.9 Å². The molecule has 1 aliphatic heterocycles. The highest BCUT2D eigenvalue weighted by Crippen LogP contribution is 2.20. The van der Waals surface area contributed by atoms with Crippen LogP contribution >= 0.6 is 0 Å². The van der Waals surface area contributed by atoms with Crippen LogP contribution in [0.1, 0.15) is 33.2 Å². The Bertz CT molecular complexity index is 719. The molecule has 1 aromatic carbocycles. The smallest absolute Gasteiger partial charge is 0.224 e. The van der Waals surface area contributed by atoms with Gasteiger partial charge >= 0.3 is 0 Å². The van der Waals surface area contributed by atoms with Crippen LogP contribution in [0.2, 0.25) is 0 Å². The second-order valence-electron chi connectivity index (χ2n) is 7.34. The first-order valence-electron chi connectivity index (χ1n) is 9.58. The van der Waals surface area contributed by atoms with Gasteiger partial charge in [-0.2, -0.15) is 0 Å². The molecule has 2 aromatic rings. The second kappa shape index (κ2) is 8.64. The summed E-state index contributed by atoms with van der Waals surface area (Å²) in [5.74, 6) is 0.230. The van der Waals surface area contributed by atoms with Gasteiger partial charge in [0, 0.05) is 45.2 Å². The zero-order valence-electron chi connectivity index (χ0n) is 16.1. The molecule has 0 spiro atoms. The van der Waals surface area contributed by atoms with E-state index in [1.165, 1.54) is 0 Å². The first-order valence-corrected chi connectivity index (χ1v) is 9.58. The van der Waals surface area contributed by atoms with Gasteiger partial charge in [0.25, 0.3) is 0 Å². The summed E-state index contributed by atoms with van der Waals surface area (Å²) in [6.07, 6.45) is 2.63. The fourth-order valence-electron chi connectivity index (χ4n) is 3.45. The lowest BCUT2D eigenvalue weighted by molar-refractivity contribution is -0.133. The molecule has 1 aliphatic rings. The minimum Gasteiger partial charge on any atom is -0.377 e. The number of hydrogen-bond acceptors (Lipinski definition) is 4. The molecule has 2 heterocycles. The summed E-state index contributed by atoms with van der Waals surface area (Å²) in [6, 6.07) is 8.16. The maximum atomic E-state index is 12.7. The number of carbonyl (C=O) groups excluding carboxylic acids is 1. The SMILES string of the molecule is CC(C)OCCN1CCN(C(=O)CC(C)n2cnc3ccccc32)CC1. The van der Waals surface area contributed by atoms with Crippen molar-refractivity contribution in [3.63, 3.8) is 0 Å². The normalized spacial score (nSPS) is 17.2. The van der Waals surface area contributed by atoms with Crippen LogP contribution in [0.4, 0.5) is 0 Å². The number of nitrogens with zero attached hydrogens (tertiary/aromatic N) is 4. The van der Waals surface area contributed by atoms with Crippen molar-refractivity contribution in [2.75, 3.05) is 39.3 Å². The predicted octanol–water partition coefficient (Wildman–Crippen LogP) is 2.56. The number of fused-ring (bicyclic) bond motifs is 1. The van der Waals surface area contributed by atoms with Gasteiger partial charge in [0.05, 0.1) is 30.1 Å². The van der Waals surface area contributed by atoms with Crippen LogP contribution in [0, 0.1) is 0 Å². The van der Waals surface area contributed by atoms with Gasteiger partial charge < -0.3 is 14.2 Å². The lowest BCUT2D eigenvalue weighted by Gasteiger charge is -2.35. The van der Waals surface area contributed by atoms with Gasteiger partial charge in [-0.3, -0.25) is 9.69 Å². The lowest BCUT2D eigenvalue weighted by Crippen LogP contribution is -2.49. The molecule has 0 bridgehead atoms. The Hall–Kier alpha value is -1.92. The standard InChI is InChI=1S/C20H30N4O2/c1-16(2)26-13-12-22-8-10-23(11-9-22)20(25)14-17(3)24-15-21-18-6-4-5-7-19(18)24/h4-7,15-17H,8-14H2,1-3H3. The number of rotatable bonds is 7. The minimum atomic E-state index is 0.104. The Balaban J connectivity index is 1.48. The average molecular weight is 358 g/mol. The molecule has 6 nitrogen and oxygen atoms in total. The third kappa shape index (κ3) is 4.62. The van der Waals surface area contributed by atoms with E-state index in [2.05, 4.69) is 41.3 Å². The number of aromatic nitrogens is 2. The average Bonchev–Trinajstić information content (AvgIpc) is 3.06. The molecule has 26 heavy (non-hydrogen) atoms. The molecule has 142 valence electrons. The molecule has 1 unspecified atom stereocenters. The summed E-state index contributed by atoms with van der Waals surface area (Å²) < 4.78 is 7.72. The van der Waals surface area contributed by atoms with Crippen LogP contribution < -0.4 is 0 Å². The van der Waals surface area contributed by atoms with Gasteiger partial charge in [0.1, 0.15) is 0 Å². The number of ether oxygens (including phenoxy) is 1. The Labute approximate surface area is 155 Å². The van der Waals surface area contributed by atoms with Crippen LogP contribution in [0.3, 0.4) is 0 Å². The quantitative estimate of drug-likeness (QED) is 0.763. The Morgan fingerprint density at radius 2 is 1.88 bits per heavy atom. The second-order valence-corrected chi connectivity index (χ2v) is 7.34. The Kier molecular flexibility index (Phi) is 6.27. The molecule has 1 atom stereocenters. The summed E-state index contributed by atoms with van der Waals surface area (Å²) in [4.78, 5) is 21.5. The molecule has 3 rings (SSSR count). The van der Waals surface area contributed by atoms with Gasteiger partial charge in [-0.05, 0) is 32.9 Å². The topological polar surface area (TPSA) is 50.6 Å². The molecular weight excluding hydrogens is 328 g/mol. The van der Waals surface area contributed by atoms with Crippen molar-refractivity contribution in [3.05, 3.63) is 30.6 Å². The van der Waals surface area contributed by atoms with Crippen molar-refractivity contribution in [2.45, 2.75) is 39.3 Å². The number of piperazine rings is 1. The van der Waals surface area contributed by atoms with E-state index in [-0.39, 0.29) is 18.1 Å². The Morgan fingerprint density at radius 1 is 1.15 bits per heavy atom. The van der Waals surface area contributed by atoms with Crippen molar-refractivity contribution in [3.8, 4) is 0 Å². The number of benzene rings is 1. The van der Waals surface area contributed by atoms with Crippen LogP contribution in [-0.4, -0.2) is 70.7 Å². The molecular formula is C20H30N4O2. The molecule has 0 saturated carbocycles. The third-order valence-electron chi connectivity index (χ3n) is 5.01. The van der Waals surface area contributed by atoms with Crippen molar-refractivity contribution < 1.29 is 9.53 Å². The first-order chi connectivity index (χ1) is 12.5. The lowest BCUT2D eigenvalue weighted by atomic mass is 10.2. The molecule has 1 aromatic heterocycles. The summed E-state index contributed by atoms with van der Waals surface area (Å²) in [7, 11) is 0. The maximum absolute atomic E-state index is 12.7. The van der Waals surface area contributed by atoms with Gasteiger partial charge in [0.15, 0.2) is 0 Å². The molecule has 1 amide bonds. The number of amides is 1. The van der Waals surface area contributed by atoms with Crippen molar-refractivity contribution in [2.24, 2.45) is 0 Å². The minimum absolute atomic E-state index is 0.104. The van der Waals surface area contributed by atoms with E-state index < -0.39 is 0 Å². The van der Waals surface area contributed by atoms with E-state index in [4.69, 9.17) is 4.74 Å². The maximum Gasteiger partial charge on any atom is 0.224 e. The highest BCUT2D eigenvalue weighted by atomic mass is 16.5. The van der Waals surface area contributed by atoms with E-state index in [9.17, 15) is 4.79 Å². The third-order valence-corrected chi connectivity index (χ3v) is 5.01. The number of imidazole rings is 1. The van der Waals surface area contributed by atoms with E-state index in [0.29, 0.717) is 6.42 Å². The van der Waals surface area contributed by atoms with Crippen molar-refractivity contribution in [1.29, 1.82) is 0 Å². The summed E-state index contributed by atoms with van der Waals surface area (Å²) >= 11 is 0. The fraction of sp³-hybridized carbons (Fsp3) is 0.600. The summed E-state index contributed by atoms with van der Waals surface area (Å²) in [5, 5.41) is 0. The summed E-state index contributed by atoms with van der Waals surface area (Å²) in [6.45, 7) is 11.4. The van der Waals surface area contributed by atoms with Crippen LogP contribution in [0.15, 0.2) is 30.6 Å². The van der Waals surface area contributed by atoms with E-state index in [1.54, 1.807) is 0 Å². The first kappa shape index (κ1) is 18.9. The van der Waals surface area contributed by atoms with E-state index >= 15 is 0 Å². The molecule has 0 N–H and O–H groups in total. The molecule has 1 fully saturated rings. The molecule has 6 heteroatoms. The van der Waals surface area contributed by atoms with Gasteiger partial charge in [0.2, 0.25) is 5.91 Å². The largest absolute Gasteiger partial charge is 0.377 e. The van der Waals surface area contributed by atoms with Crippen LogP contribution in [-0.2, 0) is 9.53 Å². The summed E-state index contributed by atoms with van der Waals surface area (Å²) in [5.41, 5.74) is 2.06. The predicted molar refractivity (Wildman–Crippen MR) is 103 cm³/mol. The molecule has 0 radical (unpaired) electrons. The number of para-hydroxylation sites is 2. The highest BCUT2D eigenvalue weighted by molar-refractivity contribution is 5.78. The highest BCUT2D eigenvalue weighted by Gasteiger charge is 2.23. The fourth-order valence-corrected chi connectivity index (χ4v) is 3.45. The van der Waals surface area contributed by atoms with Crippen LogP contribution in [0.25, 0.3) is 11.0 Å². The Morgan fingerprint density at radius 3 is 2.62 bits per heavy atom. The van der Waals surface area contributed by atoms with Crippen molar-refractivity contribution in [1.82, 2.24) is 19.4 Å². The van der Waals surface area contributed by atoms with Gasteiger partial charge in [-0.25, -0.2) is 4.98 Å². The van der Waals surface area contributed by atoms with Crippen LogP contribution in [0.5, 0.6) is 0 Å². The zero-order valence-corrected chi connectivity index (χ0v) is 16.1. The molecule has 1 saturated heterocycles. The van der Waals surface area contributed by atoms with Gasteiger partial charge in [-0.1, -0.05) is 12.1 Å². The zero-order chi connectivity index (χ0) is 18.5. The number of hydrogen-bond donors (Lipinski definition) is 0. The number of carbonyl (C=O) groups is 1.